The normalized spacial score (nSPS) is 17.3. The highest BCUT2D eigenvalue weighted by atomic mass is 32.1. The topological polar surface area (TPSA) is 29.1 Å². The van der Waals surface area contributed by atoms with E-state index in [0.29, 0.717) is 4.99 Å². The van der Waals surface area contributed by atoms with Crippen LogP contribution in [-0.2, 0) is 0 Å². The zero-order valence-electron chi connectivity index (χ0n) is 9.32. The highest BCUT2D eigenvalue weighted by Crippen LogP contribution is 2.44. The van der Waals surface area contributed by atoms with Gasteiger partial charge < -0.3 is 5.32 Å². The van der Waals surface area contributed by atoms with E-state index in [1.807, 2.05) is 30.3 Å². The number of nitrogens with one attached hydrogen (secondary N) is 1. The number of hydrogen-bond acceptors (Lipinski definition) is 2. The molecule has 0 bridgehead atoms. The van der Waals surface area contributed by atoms with E-state index < -0.39 is 5.41 Å². The molecule has 0 saturated heterocycles. The summed E-state index contributed by atoms with van der Waals surface area (Å²) in [7, 11) is 1.79. The number of benzene rings is 1. The number of carbonyl (C=O) groups is 1. The lowest BCUT2D eigenvalue weighted by molar-refractivity contribution is 0.0770. The molecule has 0 aliphatic heterocycles. The monoisotopic (exact) mass is 233 g/mol. The van der Waals surface area contributed by atoms with Crippen molar-refractivity contribution in [2.24, 2.45) is 5.41 Å². The first-order valence-electron chi connectivity index (χ1n) is 5.53. The molecule has 1 aromatic rings. The average Bonchev–Trinajstić information content (AvgIpc) is 2.28. The predicted molar refractivity (Wildman–Crippen MR) is 68.7 cm³/mol. The molecule has 0 amide bonds. The lowest BCUT2D eigenvalue weighted by Crippen LogP contribution is -2.49. The Balaban J connectivity index is 2.30. The summed E-state index contributed by atoms with van der Waals surface area (Å²) in [6.07, 6.45) is 2.83. The van der Waals surface area contributed by atoms with Crippen molar-refractivity contribution in [2.75, 3.05) is 7.05 Å². The Labute approximate surface area is 101 Å². The van der Waals surface area contributed by atoms with Gasteiger partial charge in [-0.3, -0.25) is 4.79 Å². The standard InChI is InChI=1S/C13H15NOS/c1-14-12(16)13(8-5-9-13)11(15)10-6-3-2-4-7-10/h2-4,6-7H,5,8-9H2,1H3,(H,14,16). The molecule has 84 valence electrons. The molecular formula is C13H15NOS. The molecule has 3 heteroatoms. The van der Waals surface area contributed by atoms with Crippen LogP contribution in [0.25, 0.3) is 0 Å². The fourth-order valence-corrected chi connectivity index (χ4v) is 2.49. The van der Waals surface area contributed by atoms with Crippen LogP contribution in [0.4, 0.5) is 0 Å². The van der Waals surface area contributed by atoms with Gasteiger partial charge in [-0.25, -0.2) is 0 Å². The Kier molecular flexibility index (Phi) is 3.06. The minimum Gasteiger partial charge on any atom is -0.382 e. The first-order chi connectivity index (χ1) is 7.70. The summed E-state index contributed by atoms with van der Waals surface area (Å²) < 4.78 is 0. The second-order valence-electron chi connectivity index (χ2n) is 4.21. The summed E-state index contributed by atoms with van der Waals surface area (Å²) in [4.78, 5) is 13.1. The minimum atomic E-state index is -0.425. The Hall–Kier alpha value is -1.22. The molecule has 0 spiro atoms. The van der Waals surface area contributed by atoms with Gasteiger partial charge in [-0.2, -0.15) is 0 Å². The van der Waals surface area contributed by atoms with Gasteiger partial charge in [0, 0.05) is 12.6 Å². The van der Waals surface area contributed by atoms with Gasteiger partial charge in [-0.1, -0.05) is 49.0 Å². The van der Waals surface area contributed by atoms with Crippen molar-refractivity contribution in [3.05, 3.63) is 35.9 Å². The minimum absolute atomic E-state index is 0.165. The highest BCUT2D eigenvalue weighted by Gasteiger charge is 2.47. The molecule has 0 radical (unpaired) electrons. The van der Waals surface area contributed by atoms with E-state index in [4.69, 9.17) is 12.2 Å². The van der Waals surface area contributed by atoms with Crippen molar-refractivity contribution >= 4 is 23.0 Å². The van der Waals surface area contributed by atoms with Crippen molar-refractivity contribution in [2.45, 2.75) is 19.3 Å². The molecule has 1 aromatic carbocycles. The third kappa shape index (κ3) is 1.65. The molecule has 1 aliphatic rings. The Bertz CT molecular complexity index is 409. The van der Waals surface area contributed by atoms with Crippen LogP contribution in [0.15, 0.2) is 30.3 Å². The lowest BCUT2D eigenvalue weighted by Gasteiger charge is -2.40. The van der Waals surface area contributed by atoms with Gasteiger partial charge in [-0.15, -0.1) is 0 Å². The predicted octanol–water partition coefficient (Wildman–Crippen LogP) is 2.59. The fourth-order valence-electron chi connectivity index (χ4n) is 2.19. The lowest BCUT2D eigenvalue weighted by atomic mass is 9.64. The molecule has 0 aromatic heterocycles. The van der Waals surface area contributed by atoms with Gasteiger partial charge in [0.25, 0.3) is 0 Å². The number of thiocarbonyl (C=S) groups is 1. The number of ketones is 1. The largest absolute Gasteiger partial charge is 0.382 e. The first-order valence-corrected chi connectivity index (χ1v) is 5.93. The summed E-state index contributed by atoms with van der Waals surface area (Å²) in [5.41, 5.74) is 0.339. The van der Waals surface area contributed by atoms with Gasteiger partial charge in [0.15, 0.2) is 5.78 Å². The molecule has 1 fully saturated rings. The van der Waals surface area contributed by atoms with Crippen LogP contribution in [-0.4, -0.2) is 17.8 Å². The van der Waals surface area contributed by atoms with Gasteiger partial charge in [0.1, 0.15) is 0 Å². The van der Waals surface area contributed by atoms with Crippen LogP contribution in [0, 0.1) is 5.41 Å². The average molecular weight is 233 g/mol. The van der Waals surface area contributed by atoms with Crippen molar-refractivity contribution in [1.82, 2.24) is 5.32 Å². The van der Waals surface area contributed by atoms with Crippen molar-refractivity contribution in [1.29, 1.82) is 0 Å². The maximum absolute atomic E-state index is 12.4. The van der Waals surface area contributed by atoms with Gasteiger partial charge in [0.2, 0.25) is 0 Å². The summed E-state index contributed by atoms with van der Waals surface area (Å²) in [5.74, 6) is 0.165. The molecule has 1 N–H and O–H groups in total. The molecule has 1 saturated carbocycles. The fraction of sp³-hybridized carbons (Fsp3) is 0.385. The van der Waals surface area contributed by atoms with Crippen LogP contribution in [0.2, 0.25) is 0 Å². The zero-order valence-corrected chi connectivity index (χ0v) is 10.1. The van der Waals surface area contributed by atoms with E-state index in [1.165, 1.54) is 0 Å². The number of rotatable bonds is 3. The molecule has 0 atom stereocenters. The van der Waals surface area contributed by atoms with Crippen LogP contribution >= 0.6 is 12.2 Å². The molecule has 0 unspecified atom stereocenters. The smallest absolute Gasteiger partial charge is 0.175 e. The van der Waals surface area contributed by atoms with Crippen molar-refractivity contribution in [3.63, 3.8) is 0 Å². The summed E-state index contributed by atoms with van der Waals surface area (Å²) in [5, 5.41) is 2.97. The van der Waals surface area contributed by atoms with Crippen LogP contribution in [0.1, 0.15) is 29.6 Å². The van der Waals surface area contributed by atoms with Crippen LogP contribution < -0.4 is 5.32 Å². The van der Waals surface area contributed by atoms with Gasteiger partial charge >= 0.3 is 0 Å². The molecule has 2 rings (SSSR count). The zero-order chi connectivity index (χ0) is 11.6. The van der Waals surface area contributed by atoms with E-state index >= 15 is 0 Å². The maximum atomic E-state index is 12.4. The third-order valence-corrected chi connectivity index (χ3v) is 3.93. The van der Waals surface area contributed by atoms with E-state index in [9.17, 15) is 4.79 Å². The van der Waals surface area contributed by atoms with E-state index in [2.05, 4.69) is 5.32 Å². The molecule has 0 heterocycles. The summed E-state index contributed by atoms with van der Waals surface area (Å²) in [6, 6.07) is 9.42. The molecular weight excluding hydrogens is 218 g/mol. The number of hydrogen-bond donors (Lipinski definition) is 1. The highest BCUT2D eigenvalue weighted by molar-refractivity contribution is 7.80. The van der Waals surface area contributed by atoms with Crippen LogP contribution in [0.3, 0.4) is 0 Å². The van der Waals surface area contributed by atoms with Gasteiger partial charge in [-0.05, 0) is 12.8 Å². The quantitative estimate of drug-likeness (QED) is 0.642. The van der Waals surface area contributed by atoms with E-state index in [0.717, 1.165) is 24.8 Å². The van der Waals surface area contributed by atoms with E-state index in [-0.39, 0.29) is 5.78 Å². The van der Waals surface area contributed by atoms with Crippen molar-refractivity contribution in [3.8, 4) is 0 Å². The molecule has 2 nitrogen and oxygen atoms in total. The third-order valence-electron chi connectivity index (χ3n) is 3.34. The van der Waals surface area contributed by atoms with Crippen molar-refractivity contribution < 1.29 is 4.79 Å². The summed E-state index contributed by atoms with van der Waals surface area (Å²) in [6.45, 7) is 0. The van der Waals surface area contributed by atoms with Gasteiger partial charge in [0.05, 0.1) is 10.4 Å². The second kappa shape index (κ2) is 4.34. The first kappa shape index (κ1) is 11.3. The second-order valence-corrected chi connectivity index (χ2v) is 4.62. The Morgan fingerprint density at radius 2 is 1.94 bits per heavy atom. The van der Waals surface area contributed by atoms with Crippen LogP contribution in [0.5, 0.6) is 0 Å². The number of Topliss-reactive ketones (excluding diaryl/α,β-unsaturated/α-hetero) is 1. The number of carbonyl (C=O) groups excluding carboxylic acids is 1. The molecule has 1 aliphatic carbocycles. The molecule has 16 heavy (non-hydrogen) atoms. The van der Waals surface area contributed by atoms with E-state index in [1.54, 1.807) is 7.05 Å². The maximum Gasteiger partial charge on any atom is 0.175 e. The Morgan fingerprint density at radius 1 is 1.31 bits per heavy atom. The Morgan fingerprint density at radius 3 is 2.38 bits per heavy atom. The SMILES string of the molecule is CNC(=S)C1(C(=O)c2ccccc2)CCC1. The summed E-state index contributed by atoms with van der Waals surface area (Å²) >= 11 is 5.28.